The van der Waals surface area contributed by atoms with E-state index in [0.29, 0.717) is 6.54 Å². The average Bonchev–Trinajstić information content (AvgIpc) is 2.57. The Bertz CT molecular complexity index is 450. The molecular formula is C14H21N3O2. The zero-order chi connectivity index (χ0) is 13.8. The van der Waals surface area contributed by atoms with Gasteiger partial charge in [-0.05, 0) is 25.5 Å². The van der Waals surface area contributed by atoms with Crippen molar-refractivity contribution in [3.63, 3.8) is 0 Å². The molecule has 1 aromatic carbocycles. The second kappa shape index (κ2) is 5.93. The van der Waals surface area contributed by atoms with Gasteiger partial charge in [0.25, 0.3) is 0 Å². The number of rotatable bonds is 3. The maximum Gasteiger partial charge on any atom is 0.244 e. The Morgan fingerprint density at radius 3 is 2.89 bits per heavy atom. The number of anilines is 1. The topological polar surface area (TPSA) is 67.6 Å². The second-order valence-corrected chi connectivity index (χ2v) is 4.76. The molecule has 1 amide bonds. The Labute approximate surface area is 113 Å². The van der Waals surface area contributed by atoms with Gasteiger partial charge < -0.3 is 20.7 Å². The number of nitrogens with one attached hydrogen (secondary N) is 1. The van der Waals surface area contributed by atoms with Crippen LogP contribution in [-0.4, -0.2) is 38.2 Å². The molecule has 104 valence electrons. The van der Waals surface area contributed by atoms with Crippen molar-refractivity contribution >= 4 is 11.6 Å². The third-order valence-electron chi connectivity index (χ3n) is 3.56. The van der Waals surface area contributed by atoms with Crippen LogP contribution in [0.2, 0.25) is 0 Å². The van der Waals surface area contributed by atoms with Gasteiger partial charge in [0.05, 0.1) is 12.8 Å². The van der Waals surface area contributed by atoms with Crippen molar-refractivity contribution in [3.8, 4) is 5.75 Å². The number of amides is 1. The van der Waals surface area contributed by atoms with Crippen LogP contribution in [0.4, 0.5) is 5.69 Å². The molecule has 2 unspecified atom stereocenters. The Balaban J connectivity index is 2.44. The summed E-state index contributed by atoms with van der Waals surface area (Å²) in [5.74, 6) is 0.750. The van der Waals surface area contributed by atoms with Gasteiger partial charge >= 0.3 is 0 Å². The normalized spacial score (nSPS) is 23.7. The van der Waals surface area contributed by atoms with Crippen LogP contribution >= 0.6 is 0 Å². The van der Waals surface area contributed by atoms with Gasteiger partial charge in [0, 0.05) is 19.1 Å². The number of para-hydroxylation sites is 2. The standard InChI is InChI=1S/C14H21N3O2/c1-10-7-8-16-14(18)12(9-15)17(10)11-5-3-4-6-13(11)19-2/h3-6,10,12H,7-9,15H2,1-2H3,(H,16,18). The lowest BCUT2D eigenvalue weighted by Gasteiger charge is -2.35. The lowest BCUT2D eigenvalue weighted by Crippen LogP contribution is -2.51. The van der Waals surface area contributed by atoms with Crippen LogP contribution < -0.4 is 20.7 Å². The van der Waals surface area contributed by atoms with Crippen LogP contribution in [-0.2, 0) is 4.79 Å². The minimum absolute atomic E-state index is 0.0160. The number of nitrogens with two attached hydrogens (primary N) is 1. The van der Waals surface area contributed by atoms with E-state index in [4.69, 9.17) is 10.5 Å². The Kier molecular flexibility index (Phi) is 4.27. The van der Waals surface area contributed by atoms with Gasteiger partial charge in [-0.2, -0.15) is 0 Å². The molecule has 0 spiro atoms. The molecule has 1 aromatic rings. The van der Waals surface area contributed by atoms with Gasteiger partial charge in [-0.25, -0.2) is 0 Å². The van der Waals surface area contributed by atoms with Gasteiger partial charge in [-0.15, -0.1) is 0 Å². The summed E-state index contributed by atoms with van der Waals surface area (Å²) in [5.41, 5.74) is 6.72. The number of nitrogens with zero attached hydrogens (tertiary/aromatic N) is 1. The lowest BCUT2D eigenvalue weighted by atomic mass is 10.1. The van der Waals surface area contributed by atoms with Gasteiger partial charge in [-0.3, -0.25) is 4.79 Å². The van der Waals surface area contributed by atoms with E-state index in [9.17, 15) is 4.79 Å². The fraction of sp³-hybridized carbons (Fsp3) is 0.500. The molecule has 0 bridgehead atoms. The van der Waals surface area contributed by atoms with Crippen molar-refractivity contribution in [2.75, 3.05) is 25.1 Å². The number of hydrogen-bond donors (Lipinski definition) is 2. The van der Waals surface area contributed by atoms with Crippen molar-refractivity contribution in [2.24, 2.45) is 5.73 Å². The van der Waals surface area contributed by atoms with Crippen molar-refractivity contribution < 1.29 is 9.53 Å². The monoisotopic (exact) mass is 263 g/mol. The molecular weight excluding hydrogens is 242 g/mol. The first kappa shape index (κ1) is 13.7. The van der Waals surface area contributed by atoms with Crippen molar-refractivity contribution in [1.82, 2.24) is 5.32 Å². The maximum absolute atomic E-state index is 12.1. The van der Waals surface area contributed by atoms with Gasteiger partial charge in [0.15, 0.2) is 0 Å². The molecule has 0 radical (unpaired) electrons. The molecule has 5 nitrogen and oxygen atoms in total. The van der Waals surface area contributed by atoms with E-state index < -0.39 is 0 Å². The minimum atomic E-state index is -0.353. The van der Waals surface area contributed by atoms with Crippen molar-refractivity contribution in [2.45, 2.75) is 25.4 Å². The summed E-state index contributed by atoms with van der Waals surface area (Å²) in [6, 6.07) is 7.61. The highest BCUT2D eigenvalue weighted by Gasteiger charge is 2.32. The molecule has 1 aliphatic rings. The summed E-state index contributed by atoms with van der Waals surface area (Å²) in [5, 5.41) is 2.91. The van der Waals surface area contributed by atoms with Gasteiger partial charge in [-0.1, -0.05) is 12.1 Å². The molecule has 1 aliphatic heterocycles. The Morgan fingerprint density at radius 1 is 1.47 bits per heavy atom. The summed E-state index contributed by atoms with van der Waals surface area (Å²) >= 11 is 0. The largest absolute Gasteiger partial charge is 0.495 e. The van der Waals surface area contributed by atoms with E-state index in [1.165, 1.54) is 0 Å². The average molecular weight is 263 g/mol. The molecule has 0 aromatic heterocycles. The van der Waals surface area contributed by atoms with Crippen LogP contribution in [0.15, 0.2) is 24.3 Å². The van der Waals surface area contributed by atoms with E-state index >= 15 is 0 Å². The highest BCUT2D eigenvalue weighted by molar-refractivity contribution is 5.86. The van der Waals surface area contributed by atoms with Crippen LogP contribution in [0, 0.1) is 0 Å². The lowest BCUT2D eigenvalue weighted by molar-refractivity contribution is -0.121. The molecule has 5 heteroatoms. The highest BCUT2D eigenvalue weighted by atomic mass is 16.5. The first-order valence-corrected chi connectivity index (χ1v) is 6.58. The van der Waals surface area contributed by atoms with Crippen molar-refractivity contribution in [1.29, 1.82) is 0 Å². The number of methoxy groups -OCH3 is 1. The smallest absolute Gasteiger partial charge is 0.244 e. The summed E-state index contributed by atoms with van der Waals surface area (Å²) in [6.07, 6.45) is 0.889. The second-order valence-electron chi connectivity index (χ2n) is 4.76. The van der Waals surface area contributed by atoms with Crippen molar-refractivity contribution in [3.05, 3.63) is 24.3 Å². The fourth-order valence-electron chi connectivity index (χ4n) is 2.56. The molecule has 2 atom stereocenters. The molecule has 1 fully saturated rings. The number of carbonyl (C=O) groups excluding carboxylic acids is 1. The summed E-state index contributed by atoms with van der Waals surface area (Å²) in [6.45, 7) is 3.08. The Morgan fingerprint density at radius 2 is 2.21 bits per heavy atom. The summed E-state index contributed by atoms with van der Waals surface area (Å²) in [7, 11) is 1.64. The van der Waals surface area contributed by atoms with E-state index in [0.717, 1.165) is 17.9 Å². The van der Waals surface area contributed by atoms with Crippen LogP contribution in [0.5, 0.6) is 5.75 Å². The van der Waals surface area contributed by atoms with Crippen LogP contribution in [0.1, 0.15) is 13.3 Å². The third-order valence-corrected chi connectivity index (χ3v) is 3.56. The minimum Gasteiger partial charge on any atom is -0.495 e. The fourth-order valence-corrected chi connectivity index (χ4v) is 2.56. The van der Waals surface area contributed by atoms with Crippen LogP contribution in [0.3, 0.4) is 0 Å². The highest BCUT2D eigenvalue weighted by Crippen LogP contribution is 2.32. The number of hydrogen-bond acceptors (Lipinski definition) is 4. The molecule has 19 heavy (non-hydrogen) atoms. The Hall–Kier alpha value is -1.75. The molecule has 1 heterocycles. The zero-order valence-electron chi connectivity index (χ0n) is 11.4. The first-order chi connectivity index (χ1) is 9.19. The summed E-state index contributed by atoms with van der Waals surface area (Å²) in [4.78, 5) is 14.2. The van der Waals surface area contributed by atoms with E-state index in [1.54, 1.807) is 7.11 Å². The predicted molar refractivity (Wildman–Crippen MR) is 75.4 cm³/mol. The van der Waals surface area contributed by atoms with Gasteiger partial charge in [0.1, 0.15) is 11.8 Å². The third kappa shape index (κ3) is 2.66. The van der Waals surface area contributed by atoms with E-state index in [2.05, 4.69) is 17.1 Å². The van der Waals surface area contributed by atoms with E-state index in [-0.39, 0.29) is 24.5 Å². The molecule has 0 aliphatic carbocycles. The summed E-state index contributed by atoms with van der Waals surface area (Å²) < 4.78 is 5.40. The molecule has 3 N–H and O–H groups in total. The van der Waals surface area contributed by atoms with E-state index in [1.807, 2.05) is 24.3 Å². The molecule has 0 saturated carbocycles. The molecule has 1 saturated heterocycles. The SMILES string of the molecule is COc1ccccc1N1C(C)CCNC(=O)C1CN. The number of carbonyl (C=O) groups is 1. The number of ether oxygens (including phenoxy) is 1. The van der Waals surface area contributed by atoms with Crippen LogP contribution in [0.25, 0.3) is 0 Å². The maximum atomic E-state index is 12.1. The predicted octanol–water partition coefficient (Wildman–Crippen LogP) is 0.737. The first-order valence-electron chi connectivity index (χ1n) is 6.58. The quantitative estimate of drug-likeness (QED) is 0.844. The van der Waals surface area contributed by atoms with Gasteiger partial charge in [0.2, 0.25) is 5.91 Å². The number of benzene rings is 1. The zero-order valence-corrected chi connectivity index (χ0v) is 11.4. The molecule has 2 rings (SSSR count).